The van der Waals surface area contributed by atoms with Crippen LogP contribution in [-0.4, -0.2) is 71.2 Å². The van der Waals surface area contributed by atoms with Crippen LogP contribution in [0.15, 0.2) is 24.4 Å². The maximum absolute atomic E-state index is 12.7. The van der Waals surface area contributed by atoms with Crippen molar-refractivity contribution in [1.82, 2.24) is 14.8 Å². The molecule has 2 saturated heterocycles. The van der Waals surface area contributed by atoms with Crippen molar-refractivity contribution in [1.29, 1.82) is 0 Å². The van der Waals surface area contributed by atoms with Gasteiger partial charge in [-0.05, 0) is 44.9 Å². The number of aliphatic hydroxyl groups is 1. The number of hydrogen-bond donors (Lipinski definition) is 1. The summed E-state index contributed by atoms with van der Waals surface area (Å²) in [5.74, 6) is 0.549. The van der Waals surface area contributed by atoms with Crippen molar-refractivity contribution in [3.8, 4) is 0 Å². The molecule has 0 unspecified atom stereocenters. The molecular formula is C21H31N3O3. The molecule has 3 heterocycles. The van der Waals surface area contributed by atoms with Crippen molar-refractivity contribution in [3.05, 3.63) is 30.1 Å². The molecular weight excluding hydrogens is 342 g/mol. The van der Waals surface area contributed by atoms with Gasteiger partial charge >= 0.3 is 0 Å². The fourth-order valence-corrected chi connectivity index (χ4v) is 5.05. The van der Waals surface area contributed by atoms with E-state index in [1.807, 2.05) is 23.1 Å². The first kappa shape index (κ1) is 18.8. The third-order valence-corrected chi connectivity index (χ3v) is 6.78. The molecule has 1 aromatic rings. The number of nitrogens with zero attached hydrogens (tertiary/aromatic N) is 3. The van der Waals surface area contributed by atoms with Gasteiger partial charge in [0.1, 0.15) is 0 Å². The molecule has 0 radical (unpaired) electrons. The number of likely N-dealkylation sites (tertiary alicyclic amines) is 2. The van der Waals surface area contributed by atoms with Crippen LogP contribution in [-0.2, 0) is 16.1 Å². The van der Waals surface area contributed by atoms with Crippen LogP contribution in [0.1, 0.15) is 37.8 Å². The lowest BCUT2D eigenvalue weighted by atomic mass is 9.77. The number of amides is 1. The average Bonchev–Trinajstić information content (AvgIpc) is 3.18. The van der Waals surface area contributed by atoms with Gasteiger partial charge in [-0.15, -0.1) is 0 Å². The number of pyridine rings is 1. The molecule has 1 saturated carbocycles. The summed E-state index contributed by atoms with van der Waals surface area (Å²) in [5, 5.41) is 10.3. The standard InChI is InChI=1S/C21H31N3O3/c1-23-12-17(13-27-14-18-5-2-3-9-22-18)20(15-23)8-10-24(16-20)19(25)11-21(26)6-4-7-21/h2-3,5,9,17,26H,4,6-8,10-16H2,1H3/t17-,20+/m0/s1. The average molecular weight is 373 g/mol. The van der Waals surface area contributed by atoms with Crippen molar-refractivity contribution in [3.63, 3.8) is 0 Å². The number of carbonyl (C=O) groups excluding carboxylic acids is 1. The Morgan fingerprint density at radius 2 is 2.19 bits per heavy atom. The lowest BCUT2D eigenvalue weighted by molar-refractivity contribution is -0.139. The number of hydrogen-bond acceptors (Lipinski definition) is 5. The van der Waals surface area contributed by atoms with Crippen LogP contribution in [0.5, 0.6) is 0 Å². The predicted molar refractivity (Wildman–Crippen MR) is 102 cm³/mol. The Morgan fingerprint density at radius 1 is 1.33 bits per heavy atom. The fourth-order valence-electron chi connectivity index (χ4n) is 5.05. The molecule has 148 valence electrons. The highest BCUT2D eigenvalue weighted by molar-refractivity contribution is 5.77. The number of rotatable bonds is 6. The maximum Gasteiger partial charge on any atom is 0.225 e. The number of aromatic nitrogens is 1. The highest BCUT2D eigenvalue weighted by Gasteiger charge is 2.51. The first-order valence-electron chi connectivity index (χ1n) is 10.1. The zero-order valence-electron chi connectivity index (χ0n) is 16.3. The van der Waals surface area contributed by atoms with E-state index in [9.17, 15) is 9.90 Å². The highest BCUT2D eigenvalue weighted by Crippen LogP contribution is 2.44. The Balaban J connectivity index is 1.33. The van der Waals surface area contributed by atoms with E-state index in [2.05, 4.69) is 16.9 Å². The molecule has 27 heavy (non-hydrogen) atoms. The highest BCUT2D eigenvalue weighted by atomic mass is 16.5. The lowest BCUT2D eigenvalue weighted by Gasteiger charge is -2.37. The van der Waals surface area contributed by atoms with Gasteiger partial charge in [0.25, 0.3) is 0 Å². The van der Waals surface area contributed by atoms with Crippen LogP contribution >= 0.6 is 0 Å². The Labute approximate surface area is 161 Å². The topological polar surface area (TPSA) is 65.9 Å². The molecule has 6 nitrogen and oxygen atoms in total. The van der Waals surface area contributed by atoms with E-state index >= 15 is 0 Å². The summed E-state index contributed by atoms with van der Waals surface area (Å²) in [6, 6.07) is 5.87. The van der Waals surface area contributed by atoms with E-state index in [1.165, 1.54) is 0 Å². The lowest BCUT2D eigenvalue weighted by Crippen LogP contribution is -2.44. The molecule has 1 amide bonds. The van der Waals surface area contributed by atoms with E-state index in [0.29, 0.717) is 25.6 Å². The first-order valence-corrected chi connectivity index (χ1v) is 10.1. The Hall–Kier alpha value is -1.50. The second-order valence-electron chi connectivity index (χ2n) is 8.91. The smallest absolute Gasteiger partial charge is 0.225 e. The summed E-state index contributed by atoms with van der Waals surface area (Å²) in [6.45, 7) is 4.86. The van der Waals surface area contributed by atoms with Gasteiger partial charge in [-0.1, -0.05) is 6.07 Å². The molecule has 4 rings (SSSR count). The molecule has 1 aliphatic carbocycles. The molecule has 3 aliphatic rings. The van der Waals surface area contributed by atoms with Crippen LogP contribution in [0.4, 0.5) is 0 Å². The van der Waals surface area contributed by atoms with Crippen molar-refractivity contribution >= 4 is 5.91 Å². The van der Waals surface area contributed by atoms with Gasteiger partial charge in [-0.2, -0.15) is 0 Å². The second kappa shape index (κ2) is 7.49. The minimum absolute atomic E-state index is 0.122. The molecule has 2 aliphatic heterocycles. The van der Waals surface area contributed by atoms with Crippen molar-refractivity contribution in [2.75, 3.05) is 39.8 Å². The normalized spacial score (nSPS) is 30.0. The first-order chi connectivity index (χ1) is 13.0. The minimum atomic E-state index is -0.732. The molecule has 2 atom stereocenters. The zero-order chi connectivity index (χ0) is 18.9. The summed E-state index contributed by atoms with van der Waals surface area (Å²) in [6.07, 6.45) is 5.68. The van der Waals surface area contributed by atoms with Crippen molar-refractivity contribution in [2.24, 2.45) is 11.3 Å². The molecule has 6 heteroatoms. The van der Waals surface area contributed by atoms with Gasteiger partial charge in [-0.25, -0.2) is 0 Å². The van der Waals surface area contributed by atoms with Crippen LogP contribution in [0.25, 0.3) is 0 Å². The SMILES string of the molecule is CN1C[C@@H](COCc2ccccn2)[C@]2(CCN(C(=O)CC3(O)CCC3)C2)C1. The quantitative estimate of drug-likeness (QED) is 0.822. The Kier molecular flexibility index (Phi) is 5.23. The molecule has 1 spiro atoms. The molecule has 1 N–H and O–H groups in total. The van der Waals surface area contributed by atoms with Crippen LogP contribution in [0.3, 0.4) is 0 Å². The summed E-state index contributed by atoms with van der Waals surface area (Å²) < 4.78 is 6.01. The van der Waals surface area contributed by atoms with Gasteiger partial charge in [0.05, 0.1) is 30.9 Å². The van der Waals surface area contributed by atoms with E-state index < -0.39 is 5.60 Å². The summed E-state index contributed by atoms with van der Waals surface area (Å²) in [4.78, 5) is 21.4. The minimum Gasteiger partial charge on any atom is -0.389 e. The van der Waals surface area contributed by atoms with Gasteiger partial charge in [0.15, 0.2) is 0 Å². The monoisotopic (exact) mass is 373 g/mol. The van der Waals surface area contributed by atoms with E-state index in [-0.39, 0.29) is 11.3 Å². The molecule has 1 aromatic heterocycles. The van der Waals surface area contributed by atoms with Gasteiger partial charge < -0.3 is 19.6 Å². The van der Waals surface area contributed by atoms with E-state index in [0.717, 1.165) is 57.6 Å². The number of carbonyl (C=O) groups is 1. The van der Waals surface area contributed by atoms with Crippen LogP contribution in [0, 0.1) is 11.3 Å². The maximum atomic E-state index is 12.7. The second-order valence-corrected chi connectivity index (χ2v) is 8.91. The molecule has 3 fully saturated rings. The Morgan fingerprint density at radius 3 is 2.89 bits per heavy atom. The zero-order valence-corrected chi connectivity index (χ0v) is 16.3. The third kappa shape index (κ3) is 4.03. The van der Waals surface area contributed by atoms with Gasteiger partial charge in [-0.3, -0.25) is 9.78 Å². The molecule has 0 bridgehead atoms. The van der Waals surface area contributed by atoms with E-state index in [1.54, 1.807) is 6.20 Å². The third-order valence-electron chi connectivity index (χ3n) is 6.78. The predicted octanol–water partition coefficient (Wildman–Crippen LogP) is 1.68. The number of ether oxygens (including phenoxy) is 1. The fraction of sp³-hybridized carbons (Fsp3) is 0.714. The van der Waals surface area contributed by atoms with E-state index in [4.69, 9.17) is 4.74 Å². The summed E-state index contributed by atoms with van der Waals surface area (Å²) in [7, 11) is 2.15. The van der Waals surface area contributed by atoms with Gasteiger partial charge in [0, 0.05) is 43.7 Å². The Bertz CT molecular complexity index is 664. The van der Waals surface area contributed by atoms with Crippen LogP contribution in [0.2, 0.25) is 0 Å². The van der Waals surface area contributed by atoms with Gasteiger partial charge in [0.2, 0.25) is 5.91 Å². The van der Waals surface area contributed by atoms with Crippen LogP contribution < -0.4 is 0 Å². The van der Waals surface area contributed by atoms with Crippen molar-refractivity contribution < 1.29 is 14.6 Å². The molecule has 0 aromatic carbocycles. The summed E-state index contributed by atoms with van der Waals surface area (Å²) in [5.41, 5.74) is 0.344. The summed E-state index contributed by atoms with van der Waals surface area (Å²) >= 11 is 0. The largest absolute Gasteiger partial charge is 0.389 e. The van der Waals surface area contributed by atoms with Crippen molar-refractivity contribution in [2.45, 2.75) is 44.3 Å².